The third-order valence-corrected chi connectivity index (χ3v) is 5.21. The van der Waals surface area contributed by atoms with Crippen molar-refractivity contribution in [3.8, 4) is 0 Å². The van der Waals surface area contributed by atoms with Crippen LogP contribution in [0, 0.1) is 12.8 Å². The zero-order valence-electron chi connectivity index (χ0n) is 13.4. The van der Waals surface area contributed by atoms with E-state index < -0.39 is 0 Å². The van der Waals surface area contributed by atoms with E-state index in [4.69, 9.17) is 0 Å². The molecule has 4 rings (SSSR count). The van der Waals surface area contributed by atoms with Crippen LogP contribution >= 0.6 is 0 Å². The lowest BCUT2D eigenvalue weighted by Gasteiger charge is -2.36. The van der Waals surface area contributed by atoms with Gasteiger partial charge in [-0.2, -0.15) is 0 Å². The van der Waals surface area contributed by atoms with Gasteiger partial charge in [0.15, 0.2) is 0 Å². The Balaban J connectivity index is 1.68. The van der Waals surface area contributed by atoms with Gasteiger partial charge in [0, 0.05) is 25.7 Å². The maximum Gasteiger partial charge on any atom is 0.254 e. The van der Waals surface area contributed by atoms with Crippen LogP contribution in [0.3, 0.4) is 0 Å². The van der Waals surface area contributed by atoms with Crippen LogP contribution in [-0.4, -0.2) is 45.4 Å². The number of carbonyl (C=O) groups excluding carboxylic acids is 2. The zero-order valence-corrected chi connectivity index (χ0v) is 13.4. The summed E-state index contributed by atoms with van der Waals surface area (Å²) in [4.78, 5) is 31.2. The van der Waals surface area contributed by atoms with E-state index in [2.05, 4.69) is 10.3 Å². The van der Waals surface area contributed by atoms with Crippen molar-refractivity contribution in [1.29, 1.82) is 0 Å². The molecule has 1 N–H and O–H groups in total. The predicted octanol–water partition coefficient (Wildman–Crippen LogP) is 1.23. The number of rotatable bonds is 1. The number of nitrogens with zero attached hydrogens (tertiary/aromatic N) is 3. The second kappa shape index (κ2) is 5.08. The highest BCUT2D eigenvalue weighted by atomic mass is 16.2. The molecule has 6 nitrogen and oxygen atoms in total. The SMILES string of the molecule is Cc1nc2ccc(C(=O)N3CCC[C@H]4C(=O)NC[C@H]43)cc2n1C. The Morgan fingerprint density at radius 1 is 1.39 bits per heavy atom. The van der Waals surface area contributed by atoms with Crippen LogP contribution in [0.4, 0.5) is 0 Å². The molecule has 2 aliphatic rings. The molecule has 0 radical (unpaired) electrons. The molecular weight excluding hydrogens is 292 g/mol. The Labute approximate surface area is 134 Å². The number of hydrogen-bond acceptors (Lipinski definition) is 3. The van der Waals surface area contributed by atoms with Crippen molar-refractivity contribution in [2.24, 2.45) is 13.0 Å². The maximum absolute atomic E-state index is 13.0. The largest absolute Gasteiger partial charge is 0.354 e. The van der Waals surface area contributed by atoms with E-state index in [1.807, 2.05) is 41.6 Å². The summed E-state index contributed by atoms with van der Waals surface area (Å²) in [5, 5.41) is 2.89. The summed E-state index contributed by atoms with van der Waals surface area (Å²) in [6.07, 6.45) is 1.76. The van der Waals surface area contributed by atoms with Crippen LogP contribution in [0.1, 0.15) is 29.0 Å². The van der Waals surface area contributed by atoms with Gasteiger partial charge < -0.3 is 14.8 Å². The standard InChI is InChI=1S/C17H20N4O2/c1-10-19-13-6-5-11(8-14(13)20(10)2)17(23)21-7-3-4-12-15(21)9-18-16(12)22/h5-6,8,12,15H,3-4,7,9H2,1-2H3,(H,18,22)/t12-,15-/m1/s1. The molecule has 3 heterocycles. The minimum atomic E-state index is -0.0459. The molecule has 0 saturated carbocycles. The minimum absolute atomic E-state index is 0.00674. The summed E-state index contributed by atoms with van der Waals surface area (Å²) < 4.78 is 1.99. The molecule has 23 heavy (non-hydrogen) atoms. The molecule has 0 bridgehead atoms. The van der Waals surface area contributed by atoms with Crippen molar-refractivity contribution < 1.29 is 9.59 Å². The minimum Gasteiger partial charge on any atom is -0.354 e. The van der Waals surface area contributed by atoms with E-state index in [-0.39, 0.29) is 23.8 Å². The van der Waals surface area contributed by atoms with Crippen LogP contribution < -0.4 is 5.32 Å². The highest BCUT2D eigenvalue weighted by molar-refractivity contribution is 5.98. The van der Waals surface area contributed by atoms with Gasteiger partial charge >= 0.3 is 0 Å². The summed E-state index contributed by atoms with van der Waals surface area (Å²) in [5.74, 6) is 0.978. The van der Waals surface area contributed by atoms with Crippen molar-refractivity contribution in [1.82, 2.24) is 19.8 Å². The van der Waals surface area contributed by atoms with Crippen LogP contribution in [0.5, 0.6) is 0 Å². The number of carbonyl (C=O) groups is 2. The molecule has 6 heteroatoms. The molecule has 2 saturated heterocycles. The first-order valence-corrected chi connectivity index (χ1v) is 8.08. The number of likely N-dealkylation sites (tertiary alicyclic amines) is 1. The highest BCUT2D eigenvalue weighted by Crippen LogP contribution is 2.29. The maximum atomic E-state index is 13.0. The normalized spacial score (nSPS) is 23.9. The fourth-order valence-corrected chi connectivity index (χ4v) is 3.81. The number of aryl methyl sites for hydroxylation is 2. The number of imidazole rings is 1. The molecule has 0 unspecified atom stereocenters. The lowest BCUT2D eigenvalue weighted by Crippen LogP contribution is -2.48. The molecule has 2 atom stereocenters. The van der Waals surface area contributed by atoms with Crippen molar-refractivity contribution in [3.05, 3.63) is 29.6 Å². The number of benzene rings is 1. The van der Waals surface area contributed by atoms with Crippen molar-refractivity contribution >= 4 is 22.8 Å². The van der Waals surface area contributed by atoms with E-state index in [0.29, 0.717) is 12.1 Å². The quantitative estimate of drug-likeness (QED) is 0.861. The van der Waals surface area contributed by atoms with E-state index >= 15 is 0 Å². The first kappa shape index (κ1) is 14.2. The molecule has 0 aliphatic carbocycles. The fourth-order valence-electron chi connectivity index (χ4n) is 3.81. The monoisotopic (exact) mass is 312 g/mol. The van der Waals surface area contributed by atoms with Crippen molar-refractivity contribution in [2.75, 3.05) is 13.1 Å². The second-order valence-electron chi connectivity index (χ2n) is 6.48. The average Bonchev–Trinajstić information content (AvgIpc) is 3.07. The second-order valence-corrected chi connectivity index (χ2v) is 6.48. The summed E-state index contributed by atoms with van der Waals surface area (Å²) in [6.45, 7) is 3.24. The summed E-state index contributed by atoms with van der Waals surface area (Å²) in [5.41, 5.74) is 2.53. The zero-order chi connectivity index (χ0) is 16.1. The number of fused-ring (bicyclic) bond motifs is 2. The lowest BCUT2D eigenvalue weighted by atomic mass is 9.91. The van der Waals surface area contributed by atoms with Gasteiger partial charge in [-0.3, -0.25) is 9.59 Å². The molecule has 2 fully saturated rings. The fraction of sp³-hybridized carbons (Fsp3) is 0.471. The van der Waals surface area contributed by atoms with Crippen molar-refractivity contribution in [2.45, 2.75) is 25.8 Å². The Morgan fingerprint density at radius 3 is 3.04 bits per heavy atom. The molecule has 120 valence electrons. The van der Waals surface area contributed by atoms with Gasteiger partial charge in [0.2, 0.25) is 5.91 Å². The van der Waals surface area contributed by atoms with Gasteiger partial charge in [-0.25, -0.2) is 4.98 Å². The summed E-state index contributed by atoms with van der Waals surface area (Å²) in [7, 11) is 1.95. The molecule has 2 aliphatic heterocycles. The Bertz CT molecular complexity index is 810. The highest BCUT2D eigenvalue weighted by Gasteiger charge is 2.42. The van der Waals surface area contributed by atoms with E-state index in [9.17, 15) is 9.59 Å². The van der Waals surface area contributed by atoms with Gasteiger partial charge in [0.25, 0.3) is 5.91 Å². The number of nitrogens with one attached hydrogen (secondary N) is 1. The third-order valence-electron chi connectivity index (χ3n) is 5.21. The number of hydrogen-bond donors (Lipinski definition) is 1. The Morgan fingerprint density at radius 2 is 2.22 bits per heavy atom. The molecule has 2 amide bonds. The van der Waals surface area contributed by atoms with Gasteiger partial charge in [-0.15, -0.1) is 0 Å². The summed E-state index contributed by atoms with van der Waals surface area (Å²) in [6, 6.07) is 5.64. The van der Waals surface area contributed by atoms with E-state index in [1.165, 1.54) is 0 Å². The number of piperidine rings is 1. The lowest BCUT2D eigenvalue weighted by molar-refractivity contribution is -0.123. The van der Waals surface area contributed by atoms with Gasteiger partial charge in [-0.1, -0.05) is 0 Å². The van der Waals surface area contributed by atoms with Crippen LogP contribution in [0.15, 0.2) is 18.2 Å². The van der Waals surface area contributed by atoms with Crippen LogP contribution in [-0.2, 0) is 11.8 Å². The number of aromatic nitrogens is 2. The smallest absolute Gasteiger partial charge is 0.254 e. The molecule has 1 aromatic carbocycles. The topological polar surface area (TPSA) is 67.2 Å². The predicted molar refractivity (Wildman–Crippen MR) is 86.0 cm³/mol. The third kappa shape index (κ3) is 2.12. The first-order chi connectivity index (χ1) is 11.1. The molecular formula is C17H20N4O2. The van der Waals surface area contributed by atoms with Crippen LogP contribution in [0.2, 0.25) is 0 Å². The molecule has 1 aromatic heterocycles. The van der Waals surface area contributed by atoms with Crippen molar-refractivity contribution in [3.63, 3.8) is 0 Å². The van der Waals surface area contributed by atoms with Gasteiger partial charge in [0.1, 0.15) is 5.82 Å². The van der Waals surface area contributed by atoms with E-state index in [1.54, 1.807) is 0 Å². The van der Waals surface area contributed by atoms with E-state index in [0.717, 1.165) is 36.2 Å². The first-order valence-electron chi connectivity index (χ1n) is 8.08. The molecule has 2 aromatic rings. The van der Waals surface area contributed by atoms with Gasteiger partial charge in [-0.05, 0) is 38.0 Å². The Hall–Kier alpha value is -2.37. The molecule has 0 spiro atoms. The number of amides is 2. The summed E-state index contributed by atoms with van der Waals surface area (Å²) >= 11 is 0. The van der Waals surface area contributed by atoms with Crippen LogP contribution in [0.25, 0.3) is 11.0 Å². The Kier molecular flexibility index (Phi) is 3.14. The average molecular weight is 312 g/mol. The van der Waals surface area contributed by atoms with Gasteiger partial charge in [0.05, 0.1) is 23.0 Å².